The molecule has 8 heteroatoms. The van der Waals surface area contributed by atoms with E-state index in [0.717, 1.165) is 46.5 Å². The number of nitrogens with one attached hydrogen (secondary N) is 2. The molecule has 3 aromatic rings. The number of hydrogen-bond donors (Lipinski definition) is 2. The van der Waals surface area contributed by atoms with Gasteiger partial charge in [0.25, 0.3) is 0 Å². The van der Waals surface area contributed by atoms with Crippen LogP contribution in [0.5, 0.6) is 5.75 Å². The van der Waals surface area contributed by atoms with Crippen molar-refractivity contribution in [3.05, 3.63) is 47.8 Å². The Hall–Kier alpha value is -1.96. The monoisotopic (exact) mass is 475 g/mol. The molecule has 6 nitrogen and oxygen atoms in total. The maximum absolute atomic E-state index is 6.00. The molecule has 2 N–H and O–H groups in total. The van der Waals surface area contributed by atoms with Crippen LogP contribution in [-0.2, 0) is 6.54 Å². The molecule has 0 saturated carbocycles. The van der Waals surface area contributed by atoms with Crippen LogP contribution < -0.4 is 15.4 Å². The molecule has 4 rings (SSSR count). The summed E-state index contributed by atoms with van der Waals surface area (Å²) in [6.07, 6.45) is 4.44. The topological polar surface area (TPSA) is 63.5 Å². The Morgan fingerprint density at radius 1 is 1.19 bits per heavy atom. The number of piperidine rings is 1. The minimum atomic E-state index is 0. The van der Waals surface area contributed by atoms with Crippen LogP contribution in [0.15, 0.2) is 41.6 Å². The summed E-state index contributed by atoms with van der Waals surface area (Å²) in [7, 11) is 0. The predicted molar refractivity (Wildman–Crippen MR) is 136 cm³/mol. The normalized spacial score (nSPS) is 14.7. The fourth-order valence-electron chi connectivity index (χ4n) is 3.84. The molecule has 2 aromatic heterocycles. The number of halogens is 1. The van der Waals surface area contributed by atoms with E-state index < -0.39 is 0 Å². The number of fused-ring (bicyclic) bond motifs is 1. The summed E-state index contributed by atoms with van der Waals surface area (Å²) in [5, 5.41) is 13.7. The van der Waals surface area contributed by atoms with Gasteiger partial charge in [0.15, 0.2) is 5.65 Å². The van der Waals surface area contributed by atoms with Gasteiger partial charge in [-0.3, -0.25) is 0 Å². The third kappa shape index (κ3) is 5.88. The molecular weight excluding hydrogens is 442 g/mol. The highest BCUT2D eigenvalue weighted by molar-refractivity contribution is 7.99. The Bertz CT molecular complexity index is 1020. The average molecular weight is 476 g/mol. The summed E-state index contributed by atoms with van der Waals surface area (Å²) in [4.78, 5) is 4.70. The van der Waals surface area contributed by atoms with Crippen LogP contribution in [0, 0.1) is 0 Å². The van der Waals surface area contributed by atoms with E-state index in [1.807, 2.05) is 34.6 Å². The molecule has 0 bridgehead atoms. The van der Waals surface area contributed by atoms with E-state index in [1.54, 1.807) is 0 Å². The molecule has 1 aliphatic rings. The van der Waals surface area contributed by atoms with Gasteiger partial charge in [-0.1, -0.05) is 32.0 Å². The zero-order valence-electron chi connectivity index (χ0n) is 19.3. The van der Waals surface area contributed by atoms with Crippen LogP contribution in [-0.4, -0.2) is 39.0 Å². The average Bonchev–Trinajstić information content (AvgIpc) is 3.18. The number of imidazole rings is 1. The molecule has 174 valence electrons. The molecule has 0 amide bonds. The highest BCUT2D eigenvalue weighted by Gasteiger charge is 2.19. The molecule has 1 aromatic carbocycles. The van der Waals surface area contributed by atoms with E-state index in [2.05, 4.69) is 56.5 Å². The van der Waals surface area contributed by atoms with Gasteiger partial charge in [-0.25, -0.2) is 9.50 Å². The fourth-order valence-corrected chi connectivity index (χ4v) is 4.97. The number of para-hydroxylation sites is 1. The standard InChI is InChI=1S/C24H33N5OS.ClH/c1-16(2)21-15-27-24-20(26-14-18-7-5-6-8-22(18)30-17(3)4)13-23(28-29(21)24)31-19-9-11-25-12-10-19;/h5-8,13,15-17,19,25-26H,9-12,14H2,1-4H3;1H. The lowest BCUT2D eigenvalue weighted by molar-refractivity contribution is 0.240. The number of hydrogen-bond acceptors (Lipinski definition) is 6. The lowest BCUT2D eigenvalue weighted by atomic mass is 10.1. The molecule has 0 radical (unpaired) electrons. The van der Waals surface area contributed by atoms with Gasteiger partial charge in [0.2, 0.25) is 0 Å². The van der Waals surface area contributed by atoms with Crippen molar-refractivity contribution in [1.82, 2.24) is 19.9 Å². The second-order valence-electron chi connectivity index (χ2n) is 8.66. The van der Waals surface area contributed by atoms with E-state index in [0.29, 0.717) is 17.7 Å². The third-order valence-electron chi connectivity index (χ3n) is 5.44. The Morgan fingerprint density at radius 2 is 1.94 bits per heavy atom. The lowest BCUT2D eigenvalue weighted by Gasteiger charge is -2.22. The van der Waals surface area contributed by atoms with E-state index >= 15 is 0 Å². The smallest absolute Gasteiger partial charge is 0.177 e. The summed E-state index contributed by atoms with van der Waals surface area (Å²) in [6, 6.07) is 10.4. The van der Waals surface area contributed by atoms with Crippen molar-refractivity contribution in [2.24, 2.45) is 0 Å². The highest BCUT2D eigenvalue weighted by atomic mass is 35.5. The van der Waals surface area contributed by atoms with Crippen LogP contribution in [0.2, 0.25) is 0 Å². The van der Waals surface area contributed by atoms with Gasteiger partial charge in [-0.15, -0.1) is 24.2 Å². The highest BCUT2D eigenvalue weighted by Crippen LogP contribution is 2.32. The molecule has 1 aliphatic heterocycles. The van der Waals surface area contributed by atoms with Crippen molar-refractivity contribution >= 4 is 35.5 Å². The first kappa shape index (κ1) is 24.7. The Morgan fingerprint density at radius 3 is 2.66 bits per heavy atom. The molecule has 1 fully saturated rings. The maximum Gasteiger partial charge on any atom is 0.177 e. The Labute approximate surface area is 201 Å². The van der Waals surface area contributed by atoms with Crippen molar-refractivity contribution in [2.75, 3.05) is 18.4 Å². The van der Waals surface area contributed by atoms with Crippen molar-refractivity contribution in [2.45, 2.75) is 69.4 Å². The summed E-state index contributed by atoms with van der Waals surface area (Å²) < 4.78 is 8.02. The number of benzene rings is 1. The van der Waals surface area contributed by atoms with E-state index in [1.165, 1.54) is 12.8 Å². The van der Waals surface area contributed by atoms with E-state index in [-0.39, 0.29) is 18.5 Å². The molecule has 0 atom stereocenters. The third-order valence-corrected chi connectivity index (χ3v) is 6.69. The van der Waals surface area contributed by atoms with Crippen LogP contribution in [0.1, 0.15) is 57.7 Å². The Kier molecular flexibility index (Phi) is 8.68. The summed E-state index contributed by atoms with van der Waals surface area (Å²) in [5.74, 6) is 1.28. The first-order valence-corrected chi connectivity index (χ1v) is 12.1. The first-order valence-electron chi connectivity index (χ1n) is 11.3. The van der Waals surface area contributed by atoms with E-state index in [9.17, 15) is 0 Å². The molecule has 1 saturated heterocycles. The molecule has 0 aliphatic carbocycles. The van der Waals surface area contributed by atoms with Crippen LogP contribution in [0.4, 0.5) is 5.69 Å². The molecule has 0 unspecified atom stereocenters. The fraction of sp³-hybridized carbons (Fsp3) is 0.500. The number of ether oxygens (including phenoxy) is 1. The maximum atomic E-state index is 6.00. The minimum absolute atomic E-state index is 0. The number of aromatic nitrogens is 3. The lowest BCUT2D eigenvalue weighted by Crippen LogP contribution is -2.29. The summed E-state index contributed by atoms with van der Waals surface area (Å²) in [5.41, 5.74) is 4.15. The van der Waals surface area contributed by atoms with Gasteiger partial charge in [0.05, 0.1) is 23.7 Å². The van der Waals surface area contributed by atoms with Crippen LogP contribution in [0.25, 0.3) is 5.65 Å². The van der Waals surface area contributed by atoms with Gasteiger partial charge in [0, 0.05) is 17.4 Å². The zero-order chi connectivity index (χ0) is 21.8. The largest absolute Gasteiger partial charge is 0.491 e. The number of nitrogens with zero attached hydrogens (tertiary/aromatic N) is 3. The second-order valence-corrected chi connectivity index (χ2v) is 9.99. The predicted octanol–water partition coefficient (Wildman–Crippen LogP) is 5.52. The number of thioether (sulfide) groups is 1. The SMILES string of the molecule is CC(C)Oc1ccccc1CNc1cc(SC2CCNCC2)nn2c(C(C)C)cnc12.Cl. The number of anilines is 1. The van der Waals surface area contributed by atoms with Crippen molar-refractivity contribution in [3.63, 3.8) is 0 Å². The molecule has 32 heavy (non-hydrogen) atoms. The van der Waals surface area contributed by atoms with Gasteiger partial charge in [-0.2, -0.15) is 5.10 Å². The van der Waals surface area contributed by atoms with Crippen LogP contribution >= 0.6 is 24.2 Å². The van der Waals surface area contributed by atoms with Crippen molar-refractivity contribution < 1.29 is 4.74 Å². The van der Waals surface area contributed by atoms with Gasteiger partial charge in [-0.05, 0) is 57.8 Å². The molecule has 0 spiro atoms. The van der Waals surface area contributed by atoms with Crippen molar-refractivity contribution in [3.8, 4) is 5.75 Å². The van der Waals surface area contributed by atoms with Crippen LogP contribution in [0.3, 0.4) is 0 Å². The van der Waals surface area contributed by atoms with Gasteiger partial charge >= 0.3 is 0 Å². The minimum Gasteiger partial charge on any atom is -0.491 e. The second kappa shape index (κ2) is 11.3. The summed E-state index contributed by atoms with van der Waals surface area (Å²) in [6.45, 7) is 11.3. The van der Waals surface area contributed by atoms with E-state index in [4.69, 9.17) is 14.8 Å². The van der Waals surface area contributed by atoms with Gasteiger partial charge in [0.1, 0.15) is 10.8 Å². The summed E-state index contributed by atoms with van der Waals surface area (Å²) >= 11 is 1.89. The van der Waals surface area contributed by atoms with Gasteiger partial charge < -0.3 is 15.4 Å². The Balaban J connectivity index is 0.00000289. The first-order chi connectivity index (χ1) is 15.0. The van der Waals surface area contributed by atoms with Crippen molar-refractivity contribution in [1.29, 1.82) is 0 Å². The number of rotatable bonds is 8. The zero-order valence-corrected chi connectivity index (χ0v) is 20.9. The molecule has 3 heterocycles. The molecular formula is C24H34ClN5OS. The quantitative estimate of drug-likeness (QED) is 0.447.